The van der Waals surface area contributed by atoms with E-state index in [-0.39, 0.29) is 12.2 Å². The highest BCUT2D eigenvalue weighted by molar-refractivity contribution is 5.36. The zero-order valence-corrected chi connectivity index (χ0v) is 7.81. The Hall–Kier alpha value is -1.40. The standard InChI is InChI=1S/C8H14N4O2/c9-11-7-5-8(14)12(10-6-7)3-1-2-4-13/h5-6,11,13H,1-4,9H2. The number of anilines is 1. The Morgan fingerprint density at radius 3 is 2.93 bits per heavy atom. The molecular weight excluding hydrogens is 184 g/mol. The van der Waals surface area contributed by atoms with Gasteiger partial charge in [-0.2, -0.15) is 5.10 Å². The molecule has 0 aliphatic carbocycles. The molecular formula is C8H14N4O2. The highest BCUT2D eigenvalue weighted by atomic mass is 16.2. The topological polar surface area (TPSA) is 93.2 Å². The van der Waals surface area contributed by atoms with Gasteiger partial charge in [0.2, 0.25) is 0 Å². The van der Waals surface area contributed by atoms with Crippen LogP contribution < -0.4 is 16.8 Å². The Morgan fingerprint density at radius 2 is 2.36 bits per heavy atom. The van der Waals surface area contributed by atoms with Crippen LogP contribution >= 0.6 is 0 Å². The van der Waals surface area contributed by atoms with Gasteiger partial charge in [0.1, 0.15) is 0 Å². The molecule has 78 valence electrons. The number of nitrogens with one attached hydrogen (secondary N) is 1. The molecule has 1 heterocycles. The number of aryl methyl sites for hydroxylation is 1. The quantitative estimate of drug-likeness (QED) is 0.330. The SMILES string of the molecule is NNc1cnn(CCCCO)c(=O)c1. The highest BCUT2D eigenvalue weighted by Gasteiger charge is 1.98. The molecule has 0 aromatic carbocycles. The second-order valence-electron chi connectivity index (χ2n) is 2.88. The molecule has 14 heavy (non-hydrogen) atoms. The van der Waals surface area contributed by atoms with Gasteiger partial charge in [0.15, 0.2) is 0 Å². The number of aliphatic hydroxyl groups is 1. The maximum atomic E-state index is 11.3. The summed E-state index contributed by atoms with van der Waals surface area (Å²) in [6.07, 6.45) is 2.89. The molecule has 0 fully saturated rings. The third-order valence-corrected chi connectivity index (χ3v) is 1.81. The van der Waals surface area contributed by atoms with Crippen molar-refractivity contribution in [3.05, 3.63) is 22.6 Å². The summed E-state index contributed by atoms with van der Waals surface area (Å²) in [5, 5.41) is 12.5. The van der Waals surface area contributed by atoms with E-state index < -0.39 is 0 Å². The Morgan fingerprint density at radius 1 is 1.57 bits per heavy atom. The summed E-state index contributed by atoms with van der Waals surface area (Å²) in [4.78, 5) is 11.3. The van der Waals surface area contributed by atoms with E-state index in [2.05, 4.69) is 10.5 Å². The van der Waals surface area contributed by atoms with E-state index in [1.165, 1.54) is 16.9 Å². The predicted octanol–water partition coefficient (Wildman–Crippen LogP) is -0.699. The second-order valence-corrected chi connectivity index (χ2v) is 2.88. The van der Waals surface area contributed by atoms with Gasteiger partial charge >= 0.3 is 0 Å². The summed E-state index contributed by atoms with van der Waals surface area (Å²) < 4.78 is 1.34. The van der Waals surface area contributed by atoms with Gasteiger partial charge in [-0.05, 0) is 12.8 Å². The molecule has 0 radical (unpaired) electrons. The van der Waals surface area contributed by atoms with Crippen molar-refractivity contribution in [3.63, 3.8) is 0 Å². The minimum Gasteiger partial charge on any atom is -0.396 e. The summed E-state index contributed by atoms with van der Waals surface area (Å²) in [5.74, 6) is 5.12. The molecule has 0 spiro atoms. The van der Waals surface area contributed by atoms with Crippen molar-refractivity contribution < 1.29 is 5.11 Å². The van der Waals surface area contributed by atoms with Crippen LogP contribution in [0.5, 0.6) is 0 Å². The van der Waals surface area contributed by atoms with E-state index in [1.54, 1.807) is 0 Å². The molecule has 0 saturated heterocycles. The Balaban J connectivity index is 2.64. The van der Waals surface area contributed by atoms with Crippen LogP contribution in [0, 0.1) is 0 Å². The van der Waals surface area contributed by atoms with E-state index in [0.29, 0.717) is 18.7 Å². The first-order chi connectivity index (χ1) is 6.77. The summed E-state index contributed by atoms with van der Waals surface area (Å²) in [7, 11) is 0. The number of nitrogens with zero attached hydrogens (tertiary/aromatic N) is 2. The summed E-state index contributed by atoms with van der Waals surface area (Å²) in [6, 6.07) is 1.38. The first-order valence-electron chi connectivity index (χ1n) is 4.42. The predicted molar refractivity (Wildman–Crippen MR) is 52.6 cm³/mol. The molecule has 1 aromatic rings. The summed E-state index contributed by atoms with van der Waals surface area (Å²) >= 11 is 0. The molecule has 1 aromatic heterocycles. The van der Waals surface area contributed by atoms with Crippen LogP contribution in [-0.4, -0.2) is 21.5 Å². The first-order valence-corrected chi connectivity index (χ1v) is 4.42. The maximum absolute atomic E-state index is 11.3. The number of unbranched alkanes of at least 4 members (excludes halogenated alkanes) is 1. The van der Waals surface area contributed by atoms with Crippen molar-refractivity contribution in [2.24, 2.45) is 5.84 Å². The van der Waals surface area contributed by atoms with Crippen LogP contribution in [0.15, 0.2) is 17.1 Å². The summed E-state index contributed by atoms with van der Waals surface area (Å²) in [5.41, 5.74) is 2.64. The fraction of sp³-hybridized carbons (Fsp3) is 0.500. The monoisotopic (exact) mass is 198 g/mol. The number of nitrogens with two attached hydrogens (primary N) is 1. The molecule has 4 N–H and O–H groups in total. The number of hydrogen-bond donors (Lipinski definition) is 3. The molecule has 6 nitrogen and oxygen atoms in total. The number of hydrazine groups is 1. The van der Waals surface area contributed by atoms with Gasteiger partial charge in [0, 0.05) is 19.2 Å². The second kappa shape index (κ2) is 5.36. The van der Waals surface area contributed by atoms with Gasteiger partial charge in [-0.1, -0.05) is 0 Å². The van der Waals surface area contributed by atoms with E-state index in [4.69, 9.17) is 10.9 Å². The largest absolute Gasteiger partial charge is 0.396 e. The lowest BCUT2D eigenvalue weighted by Gasteiger charge is -2.04. The minimum atomic E-state index is -0.196. The third kappa shape index (κ3) is 2.82. The molecule has 0 saturated carbocycles. The van der Waals surface area contributed by atoms with E-state index in [0.717, 1.165) is 6.42 Å². The van der Waals surface area contributed by atoms with Gasteiger partial charge in [-0.15, -0.1) is 0 Å². The Bertz CT molecular complexity index is 336. The molecule has 0 aliphatic rings. The van der Waals surface area contributed by atoms with Crippen LogP contribution in [0.2, 0.25) is 0 Å². The van der Waals surface area contributed by atoms with Crippen molar-refractivity contribution in [1.82, 2.24) is 9.78 Å². The van der Waals surface area contributed by atoms with Crippen LogP contribution in [0.25, 0.3) is 0 Å². The molecule has 0 aliphatic heterocycles. The Kier molecular flexibility index (Phi) is 4.09. The fourth-order valence-corrected chi connectivity index (χ4v) is 1.05. The van der Waals surface area contributed by atoms with Crippen LogP contribution in [0.3, 0.4) is 0 Å². The van der Waals surface area contributed by atoms with E-state index >= 15 is 0 Å². The number of aromatic nitrogens is 2. The number of hydrogen-bond acceptors (Lipinski definition) is 5. The van der Waals surface area contributed by atoms with Gasteiger partial charge in [0.25, 0.3) is 5.56 Å². The highest BCUT2D eigenvalue weighted by Crippen LogP contribution is 1.96. The number of rotatable bonds is 5. The fourth-order valence-electron chi connectivity index (χ4n) is 1.05. The molecule has 0 atom stereocenters. The maximum Gasteiger partial charge on any atom is 0.268 e. The van der Waals surface area contributed by atoms with Crippen molar-refractivity contribution in [3.8, 4) is 0 Å². The van der Waals surface area contributed by atoms with Crippen molar-refractivity contribution >= 4 is 5.69 Å². The number of aliphatic hydroxyl groups excluding tert-OH is 1. The third-order valence-electron chi connectivity index (χ3n) is 1.81. The zero-order chi connectivity index (χ0) is 10.4. The van der Waals surface area contributed by atoms with Crippen molar-refractivity contribution in [2.45, 2.75) is 19.4 Å². The average molecular weight is 198 g/mol. The molecule has 0 amide bonds. The minimum absolute atomic E-state index is 0.136. The lowest BCUT2D eigenvalue weighted by Crippen LogP contribution is -2.23. The van der Waals surface area contributed by atoms with E-state index in [9.17, 15) is 4.79 Å². The summed E-state index contributed by atoms with van der Waals surface area (Å²) in [6.45, 7) is 0.654. The molecule has 0 unspecified atom stereocenters. The smallest absolute Gasteiger partial charge is 0.268 e. The van der Waals surface area contributed by atoms with Crippen LogP contribution in [-0.2, 0) is 6.54 Å². The molecule has 0 bridgehead atoms. The van der Waals surface area contributed by atoms with Crippen LogP contribution in [0.4, 0.5) is 5.69 Å². The van der Waals surface area contributed by atoms with Crippen LogP contribution in [0.1, 0.15) is 12.8 Å². The molecule has 6 heteroatoms. The normalized spacial score (nSPS) is 10.1. The lowest BCUT2D eigenvalue weighted by atomic mass is 10.3. The molecule has 1 rings (SSSR count). The van der Waals surface area contributed by atoms with Gasteiger partial charge in [-0.3, -0.25) is 10.6 Å². The van der Waals surface area contributed by atoms with Gasteiger partial charge in [-0.25, -0.2) is 4.68 Å². The average Bonchev–Trinajstić information content (AvgIpc) is 2.20. The zero-order valence-electron chi connectivity index (χ0n) is 7.81. The van der Waals surface area contributed by atoms with Crippen molar-refractivity contribution in [2.75, 3.05) is 12.0 Å². The van der Waals surface area contributed by atoms with E-state index in [1.807, 2.05) is 0 Å². The first kappa shape index (κ1) is 10.7. The lowest BCUT2D eigenvalue weighted by molar-refractivity contribution is 0.279. The van der Waals surface area contributed by atoms with Crippen molar-refractivity contribution in [1.29, 1.82) is 0 Å². The van der Waals surface area contributed by atoms with Gasteiger partial charge < -0.3 is 10.5 Å². The number of nitrogen functional groups attached to an aromatic ring is 1. The van der Waals surface area contributed by atoms with Gasteiger partial charge in [0.05, 0.1) is 11.9 Å². The Labute approximate surface area is 81.3 Å².